The molecular weight excluding hydrogens is 839 g/mol. The molecule has 2 aromatic heterocycles. The second kappa shape index (κ2) is 25.6. The molecule has 3 heterocycles. The normalized spacial score (nSPS) is 18.0. The number of nitrogens with one attached hydrogen (secondary N) is 2. The first-order chi connectivity index (χ1) is 30.9. The fourth-order valence-corrected chi connectivity index (χ4v) is 10.4. The molecule has 1 fully saturated rings. The van der Waals surface area contributed by atoms with Crippen LogP contribution in [-0.2, 0) is 41.6 Å². The van der Waals surface area contributed by atoms with Gasteiger partial charge in [-0.1, -0.05) is 85.2 Å². The number of ether oxygens (including phenoxy) is 2. The molecule has 0 unspecified atom stereocenters. The Kier molecular flexibility index (Phi) is 21.0. The first-order valence-corrected chi connectivity index (χ1v) is 24.6. The Morgan fingerprint density at radius 1 is 0.892 bits per heavy atom. The summed E-state index contributed by atoms with van der Waals surface area (Å²) in [6, 6.07) is 12.8. The zero-order valence-electron chi connectivity index (χ0n) is 41.5. The summed E-state index contributed by atoms with van der Waals surface area (Å²) in [5.74, 6) is -0.797. The number of Topliss-reactive ketones (excluding diaryl/α,β-unsaturated/α-hetero) is 1. The molecule has 1 aromatic carbocycles. The van der Waals surface area contributed by atoms with E-state index in [1.54, 1.807) is 38.6 Å². The average Bonchev–Trinajstić information content (AvgIpc) is 3.99. The maximum atomic E-state index is 14.7. The van der Waals surface area contributed by atoms with Gasteiger partial charge in [-0.3, -0.25) is 24.1 Å². The predicted octanol–water partition coefficient (Wildman–Crippen LogP) is 8.07. The fourth-order valence-electron chi connectivity index (χ4n) is 9.73. The van der Waals surface area contributed by atoms with Crippen LogP contribution in [0.4, 0.5) is 5.82 Å². The van der Waals surface area contributed by atoms with Gasteiger partial charge < -0.3 is 29.9 Å². The van der Waals surface area contributed by atoms with Gasteiger partial charge in [0.1, 0.15) is 10.8 Å². The summed E-state index contributed by atoms with van der Waals surface area (Å²) in [5, 5.41) is 9.35. The van der Waals surface area contributed by atoms with Crippen LogP contribution in [0.1, 0.15) is 117 Å². The number of likely N-dealkylation sites (tertiary alicyclic amines) is 1. The quantitative estimate of drug-likeness (QED) is 0.0811. The number of carbonyl (C=O) groups excluding carboxylic acids is 4. The second-order valence-corrected chi connectivity index (χ2v) is 20.1. The molecule has 3 amide bonds. The van der Waals surface area contributed by atoms with E-state index in [4.69, 9.17) is 9.47 Å². The summed E-state index contributed by atoms with van der Waals surface area (Å²) in [4.78, 5) is 72.3. The van der Waals surface area contributed by atoms with Crippen molar-refractivity contribution in [1.29, 1.82) is 0 Å². The minimum atomic E-state index is -0.611. The number of hydrogen-bond acceptors (Lipinski definition) is 11. The molecule has 9 atom stereocenters. The van der Waals surface area contributed by atoms with E-state index in [-0.39, 0.29) is 72.2 Å². The molecule has 0 saturated carbocycles. The van der Waals surface area contributed by atoms with Crippen LogP contribution in [0.5, 0.6) is 0 Å². The number of likely N-dealkylation sites (N-methyl/N-ethyl adjacent to an activating group) is 2. The third-order valence-electron chi connectivity index (χ3n) is 13.3. The summed E-state index contributed by atoms with van der Waals surface area (Å²) in [6.07, 6.45) is 5.35. The van der Waals surface area contributed by atoms with Crippen LogP contribution >= 0.6 is 11.3 Å². The summed E-state index contributed by atoms with van der Waals surface area (Å²) in [5.41, 5.74) is 2.14. The molecule has 0 spiro atoms. The molecule has 1 saturated heterocycles. The lowest BCUT2D eigenvalue weighted by molar-refractivity contribution is -0.149. The topological polar surface area (TPSA) is 146 Å². The van der Waals surface area contributed by atoms with Crippen molar-refractivity contribution < 1.29 is 28.7 Å². The first kappa shape index (κ1) is 53.4. The van der Waals surface area contributed by atoms with Gasteiger partial charge in [-0.15, -0.1) is 11.3 Å². The van der Waals surface area contributed by atoms with E-state index in [1.807, 2.05) is 80.6 Å². The number of rotatable bonds is 26. The summed E-state index contributed by atoms with van der Waals surface area (Å²) in [6.45, 7) is 19.4. The van der Waals surface area contributed by atoms with Gasteiger partial charge in [0, 0.05) is 70.5 Å². The number of anilines is 1. The molecule has 65 heavy (non-hydrogen) atoms. The van der Waals surface area contributed by atoms with Gasteiger partial charge in [0.25, 0.3) is 0 Å². The van der Waals surface area contributed by atoms with Crippen molar-refractivity contribution >= 4 is 40.7 Å². The smallest absolute Gasteiger partial charge is 0.226 e. The molecule has 0 radical (unpaired) electrons. The second-order valence-electron chi connectivity index (χ2n) is 19.2. The number of ketones is 1. The Balaban J connectivity index is 1.48. The number of nitrogens with zero attached hydrogens (tertiary/aromatic N) is 5. The van der Waals surface area contributed by atoms with E-state index < -0.39 is 36.1 Å². The summed E-state index contributed by atoms with van der Waals surface area (Å²) >= 11 is 1.51. The molecule has 4 rings (SSSR count). The number of benzene rings is 1. The van der Waals surface area contributed by atoms with Crippen molar-refractivity contribution in [2.45, 2.75) is 150 Å². The molecule has 0 aliphatic carbocycles. The number of carbonyl (C=O) groups is 4. The van der Waals surface area contributed by atoms with Crippen molar-refractivity contribution in [2.24, 2.45) is 29.6 Å². The number of amides is 3. The number of thiazole rings is 1. The minimum Gasteiger partial charge on any atom is -0.379 e. The molecular formula is C51H79N7O6S. The van der Waals surface area contributed by atoms with Crippen LogP contribution < -0.4 is 10.6 Å². The van der Waals surface area contributed by atoms with E-state index in [1.165, 1.54) is 11.3 Å². The fraction of sp³-hybridized carbons (Fsp3) is 0.647. The Morgan fingerprint density at radius 3 is 2.18 bits per heavy atom. The zero-order chi connectivity index (χ0) is 48.0. The molecule has 1 aliphatic rings. The van der Waals surface area contributed by atoms with Gasteiger partial charge in [-0.25, -0.2) is 9.97 Å². The molecule has 3 aromatic rings. The van der Waals surface area contributed by atoms with E-state index in [0.29, 0.717) is 25.9 Å². The van der Waals surface area contributed by atoms with Gasteiger partial charge in [0.05, 0.1) is 48.7 Å². The van der Waals surface area contributed by atoms with Crippen molar-refractivity contribution in [3.05, 3.63) is 76.4 Å². The number of hydrogen-bond donors (Lipinski definition) is 2. The van der Waals surface area contributed by atoms with Crippen LogP contribution in [0.15, 0.2) is 60.2 Å². The standard InChI is InChI=1S/C51H79N7O6S/c1-14-35(8)47(57(11)51(62)39(32(2)3)29-42(59)46(33(4)5)56(10)31-38-22-23-52-44(28-38)54-34(6)7)43(63-12)30-45(60)58-25-18-21-41(58)48(64-13)36(9)49(61)55-40(50-53-24-26-65-50)27-37-19-16-15-17-20-37/h15-17,19-20,22-24,26,28,32-36,39-41,43,46-48H,14,18,21,25,27,29-31H2,1-13H3,(H,52,54)(H,55,61)/t35-,36+,39-,40-,41-,43+,46-,47-,48+/m0/s1. The monoisotopic (exact) mass is 918 g/mol. The van der Waals surface area contributed by atoms with Gasteiger partial charge in [-0.2, -0.15) is 0 Å². The molecule has 0 bridgehead atoms. The van der Waals surface area contributed by atoms with Gasteiger partial charge in [0.2, 0.25) is 17.7 Å². The third-order valence-corrected chi connectivity index (χ3v) is 14.2. The lowest BCUT2D eigenvalue weighted by Gasteiger charge is -2.41. The molecule has 1 aliphatic heterocycles. The van der Waals surface area contributed by atoms with Crippen molar-refractivity contribution in [3.63, 3.8) is 0 Å². The highest BCUT2D eigenvalue weighted by Crippen LogP contribution is 2.32. The summed E-state index contributed by atoms with van der Waals surface area (Å²) < 4.78 is 12.2. The number of aromatic nitrogens is 2. The van der Waals surface area contributed by atoms with Crippen molar-refractivity contribution in [3.8, 4) is 0 Å². The van der Waals surface area contributed by atoms with Gasteiger partial charge in [0.15, 0.2) is 5.78 Å². The predicted molar refractivity (Wildman–Crippen MR) is 260 cm³/mol. The zero-order valence-corrected chi connectivity index (χ0v) is 42.3. The maximum Gasteiger partial charge on any atom is 0.226 e. The van der Waals surface area contributed by atoms with Crippen LogP contribution in [0.25, 0.3) is 0 Å². The van der Waals surface area contributed by atoms with E-state index >= 15 is 0 Å². The van der Waals surface area contributed by atoms with Crippen LogP contribution in [-0.4, -0.2) is 119 Å². The lowest BCUT2D eigenvalue weighted by atomic mass is 9.83. The lowest BCUT2D eigenvalue weighted by Crippen LogP contribution is -2.54. The molecule has 2 N–H and O–H groups in total. The van der Waals surface area contributed by atoms with Crippen molar-refractivity contribution in [2.75, 3.05) is 40.2 Å². The minimum absolute atomic E-state index is 0.0123. The summed E-state index contributed by atoms with van der Waals surface area (Å²) in [7, 11) is 6.97. The highest BCUT2D eigenvalue weighted by molar-refractivity contribution is 7.09. The first-order valence-electron chi connectivity index (χ1n) is 23.7. The van der Waals surface area contributed by atoms with Gasteiger partial charge in [-0.05, 0) is 81.2 Å². The average molecular weight is 918 g/mol. The molecule has 14 heteroatoms. The Bertz CT molecular complexity index is 1930. The molecule has 13 nitrogen and oxygen atoms in total. The maximum absolute atomic E-state index is 14.7. The van der Waals surface area contributed by atoms with Crippen LogP contribution in [0, 0.1) is 29.6 Å². The van der Waals surface area contributed by atoms with Crippen molar-refractivity contribution in [1.82, 2.24) is 30.0 Å². The van der Waals surface area contributed by atoms with Gasteiger partial charge >= 0.3 is 0 Å². The largest absolute Gasteiger partial charge is 0.379 e. The number of methoxy groups -OCH3 is 2. The van der Waals surface area contributed by atoms with E-state index in [0.717, 1.165) is 34.8 Å². The van der Waals surface area contributed by atoms with E-state index in [2.05, 4.69) is 67.0 Å². The highest BCUT2D eigenvalue weighted by Gasteiger charge is 2.43. The SMILES string of the molecule is CC[C@H](C)[C@@H]([C@@H](CC(=O)N1CCC[C@H]1[C@H](OC)[C@@H](C)C(=O)N[C@@H](Cc1ccccc1)c1nccs1)OC)N(C)C(=O)[C@@H](CC(=O)[C@H](C(C)C)N(C)Cc1ccnc(NC(C)C)c1)C(C)C. The van der Waals surface area contributed by atoms with E-state index in [9.17, 15) is 19.2 Å². The highest BCUT2D eigenvalue weighted by atomic mass is 32.1. The Morgan fingerprint density at radius 2 is 1.60 bits per heavy atom. The Hall–Kier alpha value is -4.24. The van der Waals surface area contributed by atoms with Crippen LogP contribution in [0.3, 0.4) is 0 Å². The Labute approximate surface area is 393 Å². The molecule has 360 valence electrons. The third kappa shape index (κ3) is 14.6. The van der Waals surface area contributed by atoms with Crippen LogP contribution in [0.2, 0.25) is 0 Å². The number of pyridine rings is 1.